The molecule has 22 heavy (non-hydrogen) atoms. The first kappa shape index (κ1) is 16.3. The van der Waals surface area contributed by atoms with Gasteiger partial charge in [-0.25, -0.2) is 4.79 Å². The zero-order valence-electron chi connectivity index (χ0n) is 12.5. The molecule has 2 rings (SSSR count). The van der Waals surface area contributed by atoms with Crippen molar-refractivity contribution in [3.05, 3.63) is 64.7 Å². The van der Waals surface area contributed by atoms with E-state index in [-0.39, 0.29) is 5.97 Å². The average Bonchev–Trinajstić information content (AvgIpc) is 2.56. The number of carbonyl (C=O) groups excluding carboxylic acids is 1. The van der Waals surface area contributed by atoms with E-state index >= 15 is 0 Å². The Kier molecular flexibility index (Phi) is 5.81. The van der Waals surface area contributed by atoms with Crippen molar-refractivity contribution in [3.63, 3.8) is 0 Å². The van der Waals surface area contributed by atoms with Crippen LogP contribution in [0.1, 0.15) is 17.2 Å². The van der Waals surface area contributed by atoms with Gasteiger partial charge in [0.25, 0.3) is 0 Å². The molecule has 1 unspecified atom stereocenters. The van der Waals surface area contributed by atoms with E-state index in [1.165, 1.54) is 7.11 Å². The minimum atomic E-state index is -0.636. The molecule has 116 valence electrons. The van der Waals surface area contributed by atoms with Gasteiger partial charge in [-0.2, -0.15) is 0 Å². The molecule has 0 spiro atoms. The van der Waals surface area contributed by atoms with Gasteiger partial charge in [0.2, 0.25) is 0 Å². The highest BCUT2D eigenvalue weighted by Gasteiger charge is 2.23. The van der Waals surface area contributed by atoms with Gasteiger partial charge in [0.1, 0.15) is 11.8 Å². The van der Waals surface area contributed by atoms with Crippen LogP contribution in [-0.2, 0) is 16.1 Å². The highest BCUT2D eigenvalue weighted by Crippen LogP contribution is 2.25. The Labute approximate surface area is 135 Å². The van der Waals surface area contributed by atoms with Crippen LogP contribution in [0.2, 0.25) is 5.02 Å². The van der Waals surface area contributed by atoms with Gasteiger partial charge in [0.15, 0.2) is 0 Å². The second-order valence-electron chi connectivity index (χ2n) is 4.67. The first-order valence-corrected chi connectivity index (χ1v) is 7.22. The second-order valence-corrected chi connectivity index (χ2v) is 5.08. The molecule has 2 aromatic rings. The Bertz CT molecular complexity index is 645. The Morgan fingerprint density at radius 3 is 2.50 bits per heavy atom. The maximum atomic E-state index is 12.1. The average molecular weight is 320 g/mol. The molecule has 2 aromatic carbocycles. The summed E-state index contributed by atoms with van der Waals surface area (Å²) in [4.78, 5) is 12.1. The predicted octanol–water partition coefficient (Wildman–Crippen LogP) is 3.35. The number of hydrogen-bond donors (Lipinski definition) is 1. The van der Waals surface area contributed by atoms with E-state index in [9.17, 15) is 4.79 Å². The van der Waals surface area contributed by atoms with Crippen LogP contribution in [0.15, 0.2) is 48.5 Å². The fourth-order valence-corrected chi connectivity index (χ4v) is 2.45. The number of ether oxygens (including phenoxy) is 2. The van der Waals surface area contributed by atoms with Crippen LogP contribution in [0, 0.1) is 0 Å². The van der Waals surface area contributed by atoms with Crippen molar-refractivity contribution < 1.29 is 14.3 Å². The number of halogens is 1. The van der Waals surface area contributed by atoms with E-state index in [1.807, 2.05) is 36.4 Å². The molecule has 0 saturated heterocycles. The van der Waals surface area contributed by atoms with Crippen molar-refractivity contribution in [2.24, 2.45) is 0 Å². The summed E-state index contributed by atoms with van der Waals surface area (Å²) >= 11 is 6.19. The Balaban J connectivity index is 2.21. The monoisotopic (exact) mass is 319 g/mol. The Morgan fingerprint density at radius 2 is 1.82 bits per heavy atom. The Hall–Kier alpha value is -2.04. The standard InChI is InChI=1S/C17H18ClNO3/c1-21-15-10-6-3-7-12(15)11-19-16(17(20)22-2)13-8-4-5-9-14(13)18/h3-10,16,19H,11H2,1-2H3. The summed E-state index contributed by atoms with van der Waals surface area (Å²) in [6, 6.07) is 14.2. The van der Waals surface area contributed by atoms with E-state index in [2.05, 4.69) is 5.32 Å². The van der Waals surface area contributed by atoms with Gasteiger partial charge >= 0.3 is 5.97 Å². The van der Waals surface area contributed by atoms with E-state index in [0.29, 0.717) is 17.1 Å². The van der Waals surface area contributed by atoms with Gasteiger partial charge in [0, 0.05) is 17.1 Å². The minimum Gasteiger partial charge on any atom is -0.496 e. The first-order chi connectivity index (χ1) is 10.7. The number of carbonyl (C=O) groups is 1. The maximum Gasteiger partial charge on any atom is 0.327 e. The molecule has 0 radical (unpaired) electrons. The van der Waals surface area contributed by atoms with Crippen molar-refractivity contribution in [3.8, 4) is 5.75 Å². The number of benzene rings is 2. The summed E-state index contributed by atoms with van der Waals surface area (Å²) in [5.74, 6) is 0.376. The third-order valence-corrected chi connectivity index (χ3v) is 3.69. The molecule has 0 aromatic heterocycles. The summed E-state index contributed by atoms with van der Waals surface area (Å²) in [5, 5.41) is 3.70. The van der Waals surface area contributed by atoms with Crippen LogP contribution in [0.5, 0.6) is 5.75 Å². The van der Waals surface area contributed by atoms with Crippen molar-refractivity contribution >= 4 is 17.6 Å². The molecule has 0 bridgehead atoms. The second kappa shape index (κ2) is 7.82. The molecular weight excluding hydrogens is 302 g/mol. The van der Waals surface area contributed by atoms with Crippen LogP contribution in [0.3, 0.4) is 0 Å². The topological polar surface area (TPSA) is 47.6 Å². The third-order valence-electron chi connectivity index (χ3n) is 3.34. The molecule has 0 saturated carbocycles. The molecule has 1 atom stereocenters. The van der Waals surface area contributed by atoms with Gasteiger partial charge in [-0.3, -0.25) is 5.32 Å². The summed E-state index contributed by atoms with van der Waals surface area (Å²) in [5.41, 5.74) is 1.64. The molecule has 0 aliphatic rings. The van der Waals surface area contributed by atoms with E-state index in [1.54, 1.807) is 19.2 Å². The highest BCUT2D eigenvalue weighted by molar-refractivity contribution is 6.31. The molecular formula is C17H18ClNO3. The zero-order valence-corrected chi connectivity index (χ0v) is 13.3. The fraction of sp³-hybridized carbons (Fsp3) is 0.235. The van der Waals surface area contributed by atoms with Crippen molar-refractivity contribution in [2.45, 2.75) is 12.6 Å². The molecule has 0 amide bonds. The largest absolute Gasteiger partial charge is 0.496 e. The maximum absolute atomic E-state index is 12.1. The van der Waals surface area contributed by atoms with Crippen LogP contribution >= 0.6 is 11.6 Å². The normalized spacial score (nSPS) is 11.8. The van der Waals surface area contributed by atoms with Crippen molar-refractivity contribution in [2.75, 3.05) is 14.2 Å². The van der Waals surface area contributed by atoms with E-state index in [4.69, 9.17) is 21.1 Å². The van der Waals surface area contributed by atoms with Gasteiger partial charge in [-0.1, -0.05) is 48.0 Å². The lowest BCUT2D eigenvalue weighted by molar-refractivity contribution is -0.143. The van der Waals surface area contributed by atoms with Crippen LogP contribution in [0.25, 0.3) is 0 Å². The van der Waals surface area contributed by atoms with Crippen LogP contribution < -0.4 is 10.1 Å². The van der Waals surface area contributed by atoms with Gasteiger partial charge < -0.3 is 9.47 Å². The molecule has 0 aliphatic carbocycles. The molecule has 5 heteroatoms. The Morgan fingerprint density at radius 1 is 1.14 bits per heavy atom. The number of rotatable bonds is 6. The molecule has 1 N–H and O–H groups in total. The number of para-hydroxylation sites is 1. The minimum absolute atomic E-state index is 0.386. The molecule has 0 fully saturated rings. The molecule has 0 aliphatic heterocycles. The lowest BCUT2D eigenvalue weighted by Gasteiger charge is -2.19. The number of nitrogens with one attached hydrogen (secondary N) is 1. The zero-order chi connectivity index (χ0) is 15.9. The number of hydrogen-bond acceptors (Lipinski definition) is 4. The highest BCUT2D eigenvalue weighted by atomic mass is 35.5. The van der Waals surface area contributed by atoms with Gasteiger partial charge in [0.05, 0.1) is 14.2 Å². The van der Waals surface area contributed by atoms with E-state index < -0.39 is 6.04 Å². The lowest BCUT2D eigenvalue weighted by atomic mass is 10.1. The summed E-state index contributed by atoms with van der Waals surface area (Å²) < 4.78 is 10.2. The van der Waals surface area contributed by atoms with Crippen LogP contribution in [0.4, 0.5) is 0 Å². The quantitative estimate of drug-likeness (QED) is 0.829. The smallest absolute Gasteiger partial charge is 0.327 e. The number of esters is 1. The first-order valence-electron chi connectivity index (χ1n) is 6.85. The molecule has 4 nitrogen and oxygen atoms in total. The van der Waals surface area contributed by atoms with Gasteiger partial charge in [-0.15, -0.1) is 0 Å². The van der Waals surface area contributed by atoms with Crippen LogP contribution in [-0.4, -0.2) is 20.2 Å². The van der Waals surface area contributed by atoms with Crippen molar-refractivity contribution in [1.29, 1.82) is 0 Å². The fourth-order valence-electron chi connectivity index (χ4n) is 2.21. The predicted molar refractivity (Wildman–Crippen MR) is 86.0 cm³/mol. The van der Waals surface area contributed by atoms with Crippen molar-refractivity contribution in [1.82, 2.24) is 5.32 Å². The van der Waals surface area contributed by atoms with E-state index in [0.717, 1.165) is 11.3 Å². The SMILES string of the molecule is COC(=O)C(NCc1ccccc1OC)c1ccccc1Cl. The summed E-state index contributed by atoms with van der Waals surface area (Å²) in [6.45, 7) is 0.453. The third kappa shape index (κ3) is 3.78. The summed E-state index contributed by atoms with van der Waals surface area (Å²) in [7, 11) is 2.97. The number of methoxy groups -OCH3 is 2. The molecule has 0 heterocycles. The summed E-state index contributed by atoms with van der Waals surface area (Å²) in [6.07, 6.45) is 0. The van der Waals surface area contributed by atoms with Gasteiger partial charge in [-0.05, 0) is 17.7 Å². The lowest BCUT2D eigenvalue weighted by Crippen LogP contribution is -2.29.